The van der Waals surface area contributed by atoms with Gasteiger partial charge < -0.3 is 25.5 Å². The number of aromatic nitrogens is 4. The van der Waals surface area contributed by atoms with E-state index in [-0.39, 0.29) is 23.1 Å². The predicted molar refractivity (Wildman–Crippen MR) is 199 cm³/mol. The number of aryl methyl sites for hydroxylation is 1. The third-order valence-electron chi connectivity index (χ3n) is 11.0. The van der Waals surface area contributed by atoms with Gasteiger partial charge in [-0.25, -0.2) is 4.98 Å². The molecule has 2 aliphatic rings. The van der Waals surface area contributed by atoms with Crippen LogP contribution < -0.4 is 16.0 Å². The van der Waals surface area contributed by atoms with E-state index in [4.69, 9.17) is 21.3 Å². The average molecular weight is 718 g/mol. The number of benzene rings is 2. The third-order valence-corrected chi connectivity index (χ3v) is 11.3. The predicted octanol–water partition coefficient (Wildman–Crippen LogP) is 5.99. The number of carbonyl (C=O) groups is 2. The van der Waals surface area contributed by atoms with Crippen molar-refractivity contribution in [3.63, 3.8) is 0 Å². The molecular formula is C39H52ClN7O4. The van der Waals surface area contributed by atoms with E-state index >= 15 is 0 Å². The maximum Gasteiger partial charge on any atom is 0.270 e. The number of carbonyl (C=O) groups excluding carboxylic acids is 2. The molecule has 2 fully saturated rings. The molecule has 3 heterocycles. The first-order valence-corrected chi connectivity index (χ1v) is 18.6. The van der Waals surface area contributed by atoms with Gasteiger partial charge in [-0.3, -0.25) is 19.6 Å². The fourth-order valence-corrected chi connectivity index (χ4v) is 7.96. The van der Waals surface area contributed by atoms with Crippen LogP contribution in [0.5, 0.6) is 0 Å². The number of nitrogens with one attached hydrogen (secondary N) is 4. The highest BCUT2D eigenvalue weighted by molar-refractivity contribution is 6.31. The molecule has 1 unspecified atom stereocenters. The van der Waals surface area contributed by atoms with Gasteiger partial charge in [0.1, 0.15) is 17.7 Å². The number of hydrogen-bond donors (Lipinski definition) is 5. The molecule has 0 spiro atoms. The Morgan fingerprint density at radius 2 is 1.78 bits per heavy atom. The van der Waals surface area contributed by atoms with Crippen LogP contribution in [0.25, 0.3) is 11.0 Å². The molecule has 11 nitrogen and oxygen atoms in total. The van der Waals surface area contributed by atoms with Crippen molar-refractivity contribution in [1.82, 2.24) is 35.7 Å². The lowest BCUT2D eigenvalue weighted by Gasteiger charge is -2.41. The van der Waals surface area contributed by atoms with Crippen molar-refractivity contribution in [1.29, 1.82) is 0 Å². The van der Waals surface area contributed by atoms with Crippen LogP contribution in [0.3, 0.4) is 0 Å². The van der Waals surface area contributed by atoms with Crippen LogP contribution in [-0.4, -0.2) is 68.7 Å². The second-order valence-electron chi connectivity index (χ2n) is 15.5. The van der Waals surface area contributed by atoms with Gasteiger partial charge >= 0.3 is 0 Å². The molecular weight excluding hydrogens is 666 g/mol. The smallest absolute Gasteiger partial charge is 0.270 e. The molecule has 1 saturated carbocycles. The molecule has 2 aromatic carbocycles. The second-order valence-corrected chi connectivity index (χ2v) is 15.9. The van der Waals surface area contributed by atoms with E-state index in [9.17, 15) is 14.7 Å². The maximum atomic E-state index is 14.4. The van der Waals surface area contributed by atoms with E-state index in [0.717, 1.165) is 35.0 Å². The minimum absolute atomic E-state index is 0.108. The number of aromatic amines is 1. The van der Waals surface area contributed by atoms with Crippen molar-refractivity contribution >= 4 is 34.4 Å². The zero-order chi connectivity index (χ0) is 36.6. The van der Waals surface area contributed by atoms with Crippen molar-refractivity contribution in [3.05, 3.63) is 82.4 Å². The number of H-pyrrole nitrogens is 1. The Labute approximate surface area is 305 Å². The number of amides is 2. The van der Waals surface area contributed by atoms with Crippen molar-refractivity contribution in [2.75, 3.05) is 19.8 Å². The highest BCUT2D eigenvalue weighted by Gasteiger charge is 2.51. The molecule has 5 N–H and O–H groups in total. The average Bonchev–Trinajstić information content (AvgIpc) is 3.47. The molecule has 1 aliphatic heterocycles. The van der Waals surface area contributed by atoms with Crippen LogP contribution in [0.2, 0.25) is 5.02 Å². The molecule has 1 saturated heterocycles. The number of nitrogens with zero attached hydrogens (tertiary/aromatic N) is 3. The Hall–Kier alpha value is -3.77. The first-order chi connectivity index (χ1) is 24.3. The van der Waals surface area contributed by atoms with Crippen molar-refractivity contribution in [2.24, 2.45) is 10.8 Å². The number of fused-ring (bicyclic) bond motifs is 1. The van der Waals surface area contributed by atoms with E-state index in [1.807, 2.05) is 77.1 Å². The molecule has 4 atom stereocenters. The highest BCUT2D eigenvalue weighted by atomic mass is 35.5. The van der Waals surface area contributed by atoms with E-state index in [2.05, 4.69) is 33.0 Å². The summed E-state index contributed by atoms with van der Waals surface area (Å²) in [5.41, 5.74) is 2.38. The third kappa shape index (κ3) is 7.44. The number of aliphatic hydroxyl groups is 1. The first kappa shape index (κ1) is 37.0. The van der Waals surface area contributed by atoms with E-state index in [1.165, 1.54) is 0 Å². The topological polar surface area (TPSA) is 146 Å². The zero-order valence-corrected chi connectivity index (χ0v) is 31.3. The molecule has 0 bridgehead atoms. The van der Waals surface area contributed by atoms with Crippen LogP contribution in [0.1, 0.15) is 107 Å². The number of likely N-dealkylation sites (N-methyl/N-ethyl adjacent to an activating group) is 1. The number of hydrogen-bond acceptors (Lipinski definition) is 7. The number of imidazole rings is 1. The standard InChI is InChI=1S/C39H52ClN7O4/c1-7-41-35(49)32(37(3,4)5)46-36(50)39(18-21-51-22-19-39)24-13-14-27-28(23-24)44-33(43-27)31(45-34(48)29-15-20-42-47(29)8-2)30(38(6)16-17-38)25-11-9-10-12-26(25)40/h9-15,20,23,30-32,35,41,49H,7-8,16-19,21-22H2,1-6H3,(H,43,44)(H,45,48)(H,46,50)/t30-,31-,32-,35?/m0/s1. The summed E-state index contributed by atoms with van der Waals surface area (Å²) in [4.78, 5) is 37.0. The van der Waals surface area contributed by atoms with E-state index in [0.29, 0.717) is 55.7 Å². The van der Waals surface area contributed by atoms with Crippen LogP contribution in [0.4, 0.5) is 0 Å². The summed E-state index contributed by atoms with van der Waals surface area (Å²) < 4.78 is 7.44. The summed E-state index contributed by atoms with van der Waals surface area (Å²) in [7, 11) is 0. The summed E-state index contributed by atoms with van der Waals surface area (Å²) >= 11 is 6.87. The molecule has 6 rings (SSSR count). The van der Waals surface area contributed by atoms with Gasteiger partial charge in [0.05, 0.1) is 28.5 Å². The zero-order valence-electron chi connectivity index (χ0n) is 30.6. The highest BCUT2D eigenvalue weighted by Crippen LogP contribution is 2.60. The fourth-order valence-electron chi connectivity index (χ4n) is 7.71. The Morgan fingerprint density at radius 3 is 2.43 bits per heavy atom. The second kappa shape index (κ2) is 14.7. The fraction of sp³-hybridized carbons (Fsp3) is 0.538. The van der Waals surface area contributed by atoms with Crippen molar-refractivity contribution in [2.45, 2.75) is 103 Å². The Bertz CT molecular complexity index is 1850. The van der Waals surface area contributed by atoms with Gasteiger partial charge in [-0.15, -0.1) is 0 Å². The molecule has 51 heavy (non-hydrogen) atoms. The molecule has 2 aromatic heterocycles. The van der Waals surface area contributed by atoms with Gasteiger partial charge in [0.15, 0.2) is 0 Å². The lowest BCUT2D eigenvalue weighted by molar-refractivity contribution is -0.133. The molecule has 2 amide bonds. The van der Waals surface area contributed by atoms with Crippen molar-refractivity contribution < 1.29 is 19.4 Å². The SMILES string of the molecule is CCNC(O)[C@H](NC(=O)C1(c2ccc3nc([C@@H](NC(=O)c4ccnn4CC)[C@H](c4ccccc4Cl)C4(C)CC4)[nH]c3c2)CCOCC1)C(C)(C)C. The lowest BCUT2D eigenvalue weighted by Crippen LogP contribution is -2.60. The van der Waals surface area contributed by atoms with Gasteiger partial charge in [0.2, 0.25) is 5.91 Å². The van der Waals surface area contributed by atoms with E-state index < -0.39 is 29.1 Å². The van der Waals surface area contributed by atoms with Crippen LogP contribution in [0.15, 0.2) is 54.7 Å². The van der Waals surface area contributed by atoms with Gasteiger partial charge in [0.25, 0.3) is 5.91 Å². The minimum atomic E-state index is -0.906. The molecule has 274 valence electrons. The quantitative estimate of drug-likeness (QED) is 0.107. The van der Waals surface area contributed by atoms with Crippen LogP contribution in [0, 0.1) is 10.8 Å². The van der Waals surface area contributed by atoms with E-state index in [1.54, 1.807) is 16.9 Å². The molecule has 1 aliphatic carbocycles. The largest absolute Gasteiger partial charge is 0.381 e. The van der Waals surface area contributed by atoms with Gasteiger partial charge in [-0.2, -0.15) is 5.10 Å². The monoisotopic (exact) mass is 717 g/mol. The number of ether oxygens (including phenoxy) is 1. The normalized spacial score (nSPS) is 19.2. The minimum Gasteiger partial charge on any atom is -0.381 e. The summed E-state index contributed by atoms with van der Waals surface area (Å²) in [5, 5.41) is 25.6. The number of halogens is 1. The first-order valence-electron chi connectivity index (χ1n) is 18.2. The summed E-state index contributed by atoms with van der Waals surface area (Å²) in [6.07, 6.45) is 3.70. The van der Waals surface area contributed by atoms with Gasteiger partial charge in [0, 0.05) is 36.9 Å². The summed E-state index contributed by atoms with van der Waals surface area (Å²) in [6.45, 7) is 14.2. The van der Waals surface area contributed by atoms with Crippen LogP contribution in [-0.2, 0) is 21.5 Å². The lowest BCUT2D eigenvalue weighted by atomic mass is 9.72. The van der Waals surface area contributed by atoms with Gasteiger partial charge in [-0.05, 0) is 85.4 Å². The Morgan fingerprint density at radius 1 is 1.06 bits per heavy atom. The Kier molecular flexibility index (Phi) is 10.7. The number of rotatable bonds is 13. The number of aliphatic hydroxyl groups excluding tert-OH is 1. The summed E-state index contributed by atoms with van der Waals surface area (Å²) in [5.74, 6) is 0.0640. The molecule has 12 heteroatoms. The molecule has 0 radical (unpaired) electrons. The molecule has 4 aromatic rings. The van der Waals surface area contributed by atoms with Gasteiger partial charge in [-0.1, -0.05) is 70.5 Å². The maximum absolute atomic E-state index is 14.4. The summed E-state index contributed by atoms with van der Waals surface area (Å²) in [6, 6.07) is 14.4. The Balaban J connectivity index is 1.41. The van der Waals surface area contributed by atoms with Crippen LogP contribution >= 0.6 is 11.6 Å². The van der Waals surface area contributed by atoms with Crippen molar-refractivity contribution in [3.8, 4) is 0 Å².